The fourth-order valence-corrected chi connectivity index (χ4v) is 2.19. The number of carbonyl (C=O) groups is 1. The Hall–Kier alpha value is -1.78. The Morgan fingerprint density at radius 2 is 2.41 bits per heavy atom. The lowest BCUT2D eigenvalue weighted by Gasteiger charge is -2.24. The molecular weight excluding hydrogens is 216 g/mol. The summed E-state index contributed by atoms with van der Waals surface area (Å²) < 4.78 is 0. The van der Waals surface area contributed by atoms with Crippen molar-refractivity contribution in [2.75, 3.05) is 24.2 Å². The zero-order valence-corrected chi connectivity index (χ0v) is 10.2. The summed E-state index contributed by atoms with van der Waals surface area (Å²) in [7, 11) is 1.67. The predicted molar refractivity (Wildman–Crippen MR) is 67.8 cm³/mol. The first kappa shape index (κ1) is 11.7. The molecule has 1 saturated heterocycles. The van der Waals surface area contributed by atoms with Crippen LogP contribution in [0.5, 0.6) is 0 Å². The van der Waals surface area contributed by atoms with E-state index in [0.717, 1.165) is 30.8 Å². The fourth-order valence-electron chi connectivity index (χ4n) is 2.19. The molecule has 1 aromatic rings. The number of hydrogen-bond donors (Lipinski definition) is 2. The number of aromatic nitrogens is 1. The molecule has 5 heteroatoms. The van der Waals surface area contributed by atoms with Crippen LogP contribution in [0.15, 0.2) is 12.3 Å². The smallest absolute Gasteiger partial charge is 0.242 e. The van der Waals surface area contributed by atoms with E-state index in [2.05, 4.69) is 10.3 Å². The number of rotatable bonds is 2. The van der Waals surface area contributed by atoms with Crippen molar-refractivity contribution in [1.82, 2.24) is 10.3 Å². The lowest BCUT2D eigenvalue weighted by molar-refractivity contribution is -0.121. The molecule has 1 unspecified atom stereocenters. The van der Waals surface area contributed by atoms with Crippen molar-refractivity contribution in [1.29, 1.82) is 0 Å². The third kappa shape index (κ3) is 2.18. The van der Waals surface area contributed by atoms with E-state index in [0.29, 0.717) is 5.69 Å². The number of hydrogen-bond acceptors (Lipinski definition) is 4. The summed E-state index contributed by atoms with van der Waals surface area (Å²) >= 11 is 0. The average molecular weight is 234 g/mol. The van der Waals surface area contributed by atoms with E-state index in [9.17, 15) is 4.79 Å². The lowest BCUT2D eigenvalue weighted by atomic mass is 10.2. The Kier molecular flexibility index (Phi) is 3.17. The van der Waals surface area contributed by atoms with Gasteiger partial charge >= 0.3 is 0 Å². The van der Waals surface area contributed by atoms with Gasteiger partial charge in [0.15, 0.2) is 0 Å². The molecule has 1 aromatic heterocycles. The number of likely N-dealkylation sites (N-methyl/N-ethyl adjacent to an activating group) is 1. The monoisotopic (exact) mass is 234 g/mol. The highest BCUT2D eigenvalue weighted by atomic mass is 16.2. The molecule has 0 radical (unpaired) electrons. The first-order valence-electron chi connectivity index (χ1n) is 5.84. The summed E-state index contributed by atoms with van der Waals surface area (Å²) in [6.45, 7) is 2.82. The van der Waals surface area contributed by atoms with Crippen molar-refractivity contribution in [2.45, 2.75) is 25.8 Å². The van der Waals surface area contributed by atoms with E-state index in [1.807, 2.05) is 17.9 Å². The van der Waals surface area contributed by atoms with Crippen LogP contribution in [-0.4, -0.2) is 30.5 Å². The first-order chi connectivity index (χ1) is 8.13. The van der Waals surface area contributed by atoms with E-state index in [1.54, 1.807) is 13.2 Å². The molecule has 1 amide bonds. The zero-order chi connectivity index (χ0) is 12.4. The summed E-state index contributed by atoms with van der Waals surface area (Å²) in [4.78, 5) is 18.1. The van der Waals surface area contributed by atoms with Crippen LogP contribution in [0.4, 0.5) is 11.5 Å². The van der Waals surface area contributed by atoms with Crippen LogP contribution in [0, 0.1) is 6.92 Å². The van der Waals surface area contributed by atoms with Gasteiger partial charge in [-0.25, -0.2) is 4.98 Å². The summed E-state index contributed by atoms with van der Waals surface area (Å²) in [6, 6.07) is 1.84. The van der Waals surface area contributed by atoms with Gasteiger partial charge in [0.2, 0.25) is 5.91 Å². The molecule has 3 N–H and O–H groups in total. The number of nitrogens with one attached hydrogen (secondary N) is 1. The molecule has 1 aliphatic heterocycles. The Labute approximate surface area is 101 Å². The normalized spacial score (nSPS) is 19.4. The van der Waals surface area contributed by atoms with Gasteiger partial charge in [-0.15, -0.1) is 0 Å². The minimum absolute atomic E-state index is 0.0544. The SMILES string of the molecule is CNC(=O)C1CCCN1c1cc(C)c(N)cn1. The minimum atomic E-state index is -0.101. The maximum atomic E-state index is 11.7. The number of nitrogens with two attached hydrogens (primary N) is 1. The van der Waals surface area contributed by atoms with Gasteiger partial charge in [0.05, 0.1) is 11.9 Å². The third-order valence-corrected chi connectivity index (χ3v) is 3.23. The topological polar surface area (TPSA) is 71.2 Å². The number of pyridine rings is 1. The van der Waals surface area contributed by atoms with Crippen LogP contribution in [0.1, 0.15) is 18.4 Å². The Morgan fingerprint density at radius 1 is 1.65 bits per heavy atom. The van der Waals surface area contributed by atoms with E-state index >= 15 is 0 Å². The first-order valence-corrected chi connectivity index (χ1v) is 5.84. The second kappa shape index (κ2) is 4.61. The molecule has 1 atom stereocenters. The molecule has 17 heavy (non-hydrogen) atoms. The molecule has 5 nitrogen and oxygen atoms in total. The van der Waals surface area contributed by atoms with Gasteiger partial charge in [-0.3, -0.25) is 4.79 Å². The summed E-state index contributed by atoms with van der Waals surface area (Å²) in [5.41, 5.74) is 7.43. The van der Waals surface area contributed by atoms with Gasteiger partial charge in [0.25, 0.3) is 0 Å². The van der Waals surface area contributed by atoms with Crippen LogP contribution in [0.2, 0.25) is 0 Å². The van der Waals surface area contributed by atoms with Gasteiger partial charge in [0.1, 0.15) is 11.9 Å². The molecular formula is C12H18N4O. The molecule has 92 valence electrons. The highest BCUT2D eigenvalue weighted by Gasteiger charge is 2.30. The van der Waals surface area contributed by atoms with Crippen molar-refractivity contribution in [3.63, 3.8) is 0 Å². The van der Waals surface area contributed by atoms with Crippen molar-refractivity contribution in [3.05, 3.63) is 17.8 Å². The molecule has 0 spiro atoms. The van der Waals surface area contributed by atoms with Gasteiger partial charge in [0, 0.05) is 13.6 Å². The van der Waals surface area contributed by atoms with Crippen molar-refractivity contribution >= 4 is 17.4 Å². The van der Waals surface area contributed by atoms with E-state index in [1.165, 1.54) is 0 Å². The molecule has 1 aliphatic rings. The van der Waals surface area contributed by atoms with Crippen LogP contribution in [-0.2, 0) is 4.79 Å². The number of nitrogen functional groups attached to an aromatic ring is 1. The number of amides is 1. The van der Waals surface area contributed by atoms with E-state index in [4.69, 9.17) is 5.73 Å². The van der Waals surface area contributed by atoms with Crippen LogP contribution in [0.25, 0.3) is 0 Å². The highest BCUT2D eigenvalue weighted by molar-refractivity contribution is 5.85. The number of carbonyl (C=O) groups excluding carboxylic acids is 1. The molecule has 0 bridgehead atoms. The Bertz CT molecular complexity index is 433. The van der Waals surface area contributed by atoms with Gasteiger partial charge < -0.3 is 16.0 Å². The van der Waals surface area contributed by atoms with E-state index < -0.39 is 0 Å². The fraction of sp³-hybridized carbons (Fsp3) is 0.500. The van der Waals surface area contributed by atoms with Crippen LogP contribution in [0.3, 0.4) is 0 Å². The third-order valence-electron chi connectivity index (χ3n) is 3.23. The van der Waals surface area contributed by atoms with Crippen LogP contribution < -0.4 is 16.0 Å². The number of anilines is 2. The molecule has 1 fully saturated rings. The second-order valence-electron chi connectivity index (χ2n) is 4.36. The molecule has 0 aromatic carbocycles. The second-order valence-corrected chi connectivity index (χ2v) is 4.36. The van der Waals surface area contributed by atoms with Gasteiger partial charge in [-0.2, -0.15) is 0 Å². The molecule has 2 heterocycles. The largest absolute Gasteiger partial charge is 0.397 e. The standard InChI is InChI=1S/C12H18N4O/c1-8-6-11(15-7-9(8)13)16-5-3-4-10(16)12(17)14-2/h6-7,10H,3-5,13H2,1-2H3,(H,14,17). The van der Waals surface area contributed by atoms with Gasteiger partial charge in [-0.1, -0.05) is 0 Å². The predicted octanol–water partition coefficient (Wildman–Crippen LogP) is 0.687. The summed E-state index contributed by atoms with van der Waals surface area (Å²) in [5, 5.41) is 2.70. The maximum Gasteiger partial charge on any atom is 0.242 e. The van der Waals surface area contributed by atoms with Crippen molar-refractivity contribution < 1.29 is 4.79 Å². The van der Waals surface area contributed by atoms with Crippen molar-refractivity contribution in [2.24, 2.45) is 0 Å². The Morgan fingerprint density at radius 3 is 3.06 bits per heavy atom. The Balaban J connectivity index is 2.26. The minimum Gasteiger partial charge on any atom is -0.397 e. The highest BCUT2D eigenvalue weighted by Crippen LogP contribution is 2.25. The molecule has 0 aliphatic carbocycles. The summed E-state index contributed by atoms with van der Waals surface area (Å²) in [5.74, 6) is 0.890. The van der Waals surface area contributed by atoms with Crippen molar-refractivity contribution in [3.8, 4) is 0 Å². The van der Waals surface area contributed by atoms with Crippen LogP contribution >= 0.6 is 0 Å². The van der Waals surface area contributed by atoms with E-state index in [-0.39, 0.29) is 11.9 Å². The number of nitrogens with zero attached hydrogens (tertiary/aromatic N) is 2. The quantitative estimate of drug-likeness (QED) is 0.789. The number of aryl methyl sites for hydroxylation is 1. The average Bonchev–Trinajstić information content (AvgIpc) is 2.80. The zero-order valence-electron chi connectivity index (χ0n) is 10.2. The van der Waals surface area contributed by atoms with Gasteiger partial charge in [-0.05, 0) is 31.4 Å². The molecule has 0 saturated carbocycles. The molecule has 2 rings (SSSR count). The lowest BCUT2D eigenvalue weighted by Crippen LogP contribution is -2.42. The maximum absolute atomic E-state index is 11.7. The summed E-state index contributed by atoms with van der Waals surface area (Å²) in [6.07, 6.45) is 3.55.